The molecule has 1 aromatic heterocycles. The highest BCUT2D eigenvalue weighted by atomic mass is 19.4. The van der Waals surface area contributed by atoms with E-state index in [1.165, 1.54) is 36.4 Å². The first-order chi connectivity index (χ1) is 13.2. The van der Waals surface area contributed by atoms with Crippen molar-refractivity contribution >= 4 is 11.6 Å². The zero-order valence-corrected chi connectivity index (χ0v) is 14.2. The summed E-state index contributed by atoms with van der Waals surface area (Å²) in [7, 11) is 0. The summed E-state index contributed by atoms with van der Waals surface area (Å²) in [6.45, 7) is -0.0284. The topological polar surface area (TPSA) is 64.0 Å². The largest absolute Gasteiger partial charge is 0.418 e. The van der Waals surface area contributed by atoms with Gasteiger partial charge in [0, 0.05) is 6.07 Å². The van der Waals surface area contributed by atoms with E-state index in [0.29, 0.717) is 5.56 Å². The van der Waals surface area contributed by atoms with Gasteiger partial charge in [0.25, 0.3) is 11.5 Å². The molecule has 0 bridgehead atoms. The van der Waals surface area contributed by atoms with Crippen LogP contribution in [0.15, 0.2) is 65.5 Å². The van der Waals surface area contributed by atoms with Crippen molar-refractivity contribution in [3.05, 3.63) is 93.7 Å². The fourth-order valence-corrected chi connectivity index (χ4v) is 2.47. The predicted molar refractivity (Wildman–Crippen MR) is 93.4 cm³/mol. The highest BCUT2D eigenvalue weighted by Crippen LogP contribution is 2.34. The van der Waals surface area contributed by atoms with Gasteiger partial charge in [-0.1, -0.05) is 24.3 Å². The van der Waals surface area contributed by atoms with Gasteiger partial charge in [-0.25, -0.2) is 9.07 Å². The average Bonchev–Trinajstić information content (AvgIpc) is 2.65. The molecular formula is C19H13F4N3O2. The van der Waals surface area contributed by atoms with E-state index < -0.39 is 34.7 Å². The molecule has 0 atom stereocenters. The van der Waals surface area contributed by atoms with Crippen LogP contribution in [-0.2, 0) is 12.7 Å². The van der Waals surface area contributed by atoms with Gasteiger partial charge in [-0.3, -0.25) is 9.59 Å². The lowest BCUT2D eigenvalue weighted by molar-refractivity contribution is -0.136. The third-order valence-electron chi connectivity index (χ3n) is 3.83. The summed E-state index contributed by atoms with van der Waals surface area (Å²) in [6.07, 6.45) is -4.64. The lowest BCUT2D eigenvalue weighted by atomic mass is 10.1. The molecule has 3 rings (SSSR count). The van der Waals surface area contributed by atoms with Gasteiger partial charge in [0.1, 0.15) is 11.5 Å². The molecule has 0 spiro atoms. The number of rotatable bonds is 4. The normalized spacial score (nSPS) is 11.3. The van der Waals surface area contributed by atoms with Gasteiger partial charge in [-0.05, 0) is 35.9 Å². The molecule has 1 amide bonds. The second kappa shape index (κ2) is 7.63. The lowest BCUT2D eigenvalue weighted by Crippen LogP contribution is -2.27. The van der Waals surface area contributed by atoms with Crippen molar-refractivity contribution in [3.8, 4) is 0 Å². The van der Waals surface area contributed by atoms with Crippen molar-refractivity contribution in [1.29, 1.82) is 0 Å². The SMILES string of the molecule is O=C(Nc1ccccc1C(F)(F)F)c1ccc(=O)n(Cc2ccc(F)cc2)n1. The molecule has 0 fully saturated rings. The molecule has 9 heteroatoms. The van der Waals surface area contributed by atoms with Crippen LogP contribution in [0.5, 0.6) is 0 Å². The zero-order chi connectivity index (χ0) is 20.3. The van der Waals surface area contributed by atoms with E-state index in [9.17, 15) is 27.2 Å². The summed E-state index contributed by atoms with van der Waals surface area (Å²) in [5, 5.41) is 6.06. The Morgan fingerprint density at radius 3 is 2.36 bits per heavy atom. The Labute approximate surface area is 156 Å². The monoisotopic (exact) mass is 391 g/mol. The molecule has 3 aromatic rings. The number of hydrogen-bond donors (Lipinski definition) is 1. The Balaban J connectivity index is 1.86. The average molecular weight is 391 g/mol. The minimum atomic E-state index is -4.64. The number of halogens is 4. The Morgan fingerprint density at radius 1 is 1.00 bits per heavy atom. The van der Waals surface area contributed by atoms with Gasteiger partial charge < -0.3 is 5.32 Å². The number of nitrogens with one attached hydrogen (secondary N) is 1. The van der Waals surface area contributed by atoms with Crippen LogP contribution < -0.4 is 10.9 Å². The summed E-state index contributed by atoms with van der Waals surface area (Å²) in [5.74, 6) is -1.34. The van der Waals surface area contributed by atoms with E-state index in [1.807, 2.05) is 0 Å². The first kappa shape index (κ1) is 19.3. The molecule has 0 radical (unpaired) electrons. The molecule has 0 aliphatic carbocycles. The van der Waals surface area contributed by atoms with Crippen LogP contribution in [0.4, 0.5) is 23.2 Å². The molecule has 0 unspecified atom stereocenters. The van der Waals surface area contributed by atoms with Crippen LogP contribution in [-0.4, -0.2) is 15.7 Å². The summed E-state index contributed by atoms with van der Waals surface area (Å²) >= 11 is 0. The fourth-order valence-electron chi connectivity index (χ4n) is 2.47. The number of para-hydroxylation sites is 1. The Kier molecular flexibility index (Phi) is 5.25. The van der Waals surface area contributed by atoms with Crippen molar-refractivity contribution in [2.75, 3.05) is 5.32 Å². The van der Waals surface area contributed by atoms with Crippen molar-refractivity contribution in [1.82, 2.24) is 9.78 Å². The fraction of sp³-hybridized carbons (Fsp3) is 0.105. The summed E-state index contributed by atoms with van der Waals surface area (Å²) < 4.78 is 53.1. The van der Waals surface area contributed by atoms with Crippen LogP contribution in [0.2, 0.25) is 0 Å². The van der Waals surface area contributed by atoms with E-state index in [4.69, 9.17) is 0 Å². The van der Waals surface area contributed by atoms with Crippen molar-refractivity contribution < 1.29 is 22.4 Å². The standard InChI is InChI=1S/C19H13F4N3O2/c20-13-7-5-12(6-8-13)11-26-17(27)10-9-16(25-26)18(28)24-15-4-2-1-3-14(15)19(21,22)23/h1-10H,11H2,(H,24,28). The van der Waals surface area contributed by atoms with Gasteiger partial charge in [0.05, 0.1) is 17.8 Å². The number of carbonyl (C=O) groups is 1. The smallest absolute Gasteiger partial charge is 0.320 e. The van der Waals surface area contributed by atoms with E-state index in [2.05, 4.69) is 10.4 Å². The van der Waals surface area contributed by atoms with Gasteiger partial charge >= 0.3 is 6.18 Å². The predicted octanol–water partition coefficient (Wildman–Crippen LogP) is 3.70. The highest BCUT2D eigenvalue weighted by molar-refractivity contribution is 6.03. The first-order valence-electron chi connectivity index (χ1n) is 8.04. The Morgan fingerprint density at radius 2 is 1.68 bits per heavy atom. The Hall–Kier alpha value is -3.49. The number of alkyl halides is 3. The molecular weight excluding hydrogens is 378 g/mol. The van der Waals surface area contributed by atoms with Crippen LogP contribution in [0.1, 0.15) is 21.6 Å². The highest BCUT2D eigenvalue weighted by Gasteiger charge is 2.33. The van der Waals surface area contributed by atoms with Crippen LogP contribution in [0.25, 0.3) is 0 Å². The number of hydrogen-bond acceptors (Lipinski definition) is 3. The van der Waals surface area contributed by atoms with Crippen molar-refractivity contribution in [2.45, 2.75) is 12.7 Å². The number of nitrogens with zero attached hydrogens (tertiary/aromatic N) is 2. The molecule has 2 aromatic carbocycles. The number of aromatic nitrogens is 2. The van der Waals surface area contributed by atoms with Gasteiger partial charge in [-0.15, -0.1) is 0 Å². The van der Waals surface area contributed by atoms with Crippen LogP contribution >= 0.6 is 0 Å². The van der Waals surface area contributed by atoms with Crippen molar-refractivity contribution in [2.24, 2.45) is 0 Å². The quantitative estimate of drug-likeness (QED) is 0.690. The van der Waals surface area contributed by atoms with Gasteiger partial charge in [0.15, 0.2) is 0 Å². The third kappa shape index (κ3) is 4.43. The molecule has 1 heterocycles. The van der Waals surface area contributed by atoms with Crippen LogP contribution in [0, 0.1) is 5.82 Å². The molecule has 0 aliphatic heterocycles. The minimum Gasteiger partial charge on any atom is -0.320 e. The first-order valence-corrected chi connectivity index (χ1v) is 8.04. The van der Waals surface area contributed by atoms with E-state index >= 15 is 0 Å². The molecule has 28 heavy (non-hydrogen) atoms. The van der Waals surface area contributed by atoms with E-state index in [-0.39, 0.29) is 12.2 Å². The van der Waals surface area contributed by atoms with Crippen molar-refractivity contribution in [3.63, 3.8) is 0 Å². The van der Waals surface area contributed by atoms with Gasteiger partial charge in [0.2, 0.25) is 0 Å². The molecule has 0 saturated heterocycles. The number of benzene rings is 2. The maximum absolute atomic E-state index is 13.0. The molecule has 5 nitrogen and oxygen atoms in total. The summed E-state index contributed by atoms with van der Waals surface area (Å²) in [4.78, 5) is 24.3. The number of anilines is 1. The molecule has 144 valence electrons. The van der Waals surface area contributed by atoms with E-state index in [0.717, 1.165) is 28.9 Å². The van der Waals surface area contributed by atoms with Gasteiger partial charge in [-0.2, -0.15) is 18.3 Å². The van der Waals surface area contributed by atoms with Crippen LogP contribution in [0.3, 0.4) is 0 Å². The zero-order valence-electron chi connectivity index (χ0n) is 14.2. The second-order valence-electron chi connectivity index (χ2n) is 5.84. The Bertz CT molecular complexity index is 1060. The molecule has 0 saturated carbocycles. The second-order valence-corrected chi connectivity index (χ2v) is 5.84. The molecule has 1 N–H and O–H groups in total. The summed E-state index contributed by atoms with van der Waals surface area (Å²) in [5.41, 5.74) is -1.60. The molecule has 0 aliphatic rings. The lowest BCUT2D eigenvalue weighted by Gasteiger charge is -2.13. The number of amides is 1. The third-order valence-corrected chi connectivity index (χ3v) is 3.83. The maximum Gasteiger partial charge on any atom is 0.418 e. The minimum absolute atomic E-state index is 0.0284. The van der Waals surface area contributed by atoms with E-state index in [1.54, 1.807) is 0 Å². The number of carbonyl (C=O) groups excluding carboxylic acids is 1. The summed E-state index contributed by atoms with van der Waals surface area (Å²) in [6, 6.07) is 12.1. The maximum atomic E-state index is 13.0.